The standard InChI is InChI=1S/C103H60O/c1-103(2)94-29-9-7-20-77(94)78-38-32-59(56-95(78)103)63-49-64(51-67(50-63)70-41-44-89-75-19-6-4-17-73(75)84-27-13-24-81(70)101(84)89)68-36-34-61-55-91(86-22-11-15-57-31-39-87(68)99(61)98(57)86)60-33-37-76-85-28-14-25-82-71(42-45-90(102(82)85)92(76)54-60)66-48-62(58-35-46-97-93(53-58)79-21-8-10-30-96(79)104-97)47-65(52-66)69-40-43-88-74-18-5-3-16-72(74)83-26-12-23-80(69)100(83)88/h3-56H,1-2H3. The molecule has 1 heteroatoms. The summed E-state index contributed by atoms with van der Waals surface area (Å²) in [5.74, 6) is 0. The molecule has 0 bridgehead atoms. The minimum absolute atomic E-state index is 0.131. The molecule has 4 aliphatic carbocycles. The van der Waals surface area contributed by atoms with E-state index in [1.54, 1.807) is 0 Å². The largest absolute Gasteiger partial charge is 0.456 e. The SMILES string of the molecule is CC1(C)c2ccccc2-c2ccc(-c3cc(-c4ccc5c6c(cccc46)-c4ccccc4-5)cc(-c4ccc5cc(-c6ccc7c(c6)-c6ccc(-c8cc(-c9ccc%10oc%11ccccc%11c%10c9)cc(-c9ccc%10c%11c(cccc9%11)-c9ccccc9-%10)c8)c8cccc-7c68)c6cccc7ccc4c5c76)c3)cc21. The Morgan fingerprint density at radius 2 is 0.548 bits per heavy atom. The van der Waals surface area contributed by atoms with E-state index in [4.69, 9.17) is 4.42 Å². The van der Waals surface area contributed by atoms with Crippen LogP contribution < -0.4 is 0 Å². The summed E-state index contributed by atoms with van der Waals surface area (Å²) in [4.78, 5) is 0. The number of benzene rings is 19. The van der Waals surface area contributed by atoms with Crippen LogP contribution in [0.4, 0.5) is 0 Å². The molecule has 4 aliphatic rings. The van der Waals surface area contributed by atoms with Crippen LogP contribution in [0.2, 0.25) is 0 Å². The van der Waals surface area contributed by atoms with E-state index in [1.165, 1.54) is 220 Å². The minimum Gasteiger partial charge on any atom is -0.456 e. The van der Waals surface area contributed by atoms with Crippen molar-refractivity contribution in [2.75, 3.05) is 0 Å². The number of hydrogen-bond donors (Lipinski definition) is 0. The molecule has 478 valence electrons. The van der Waals surface area contributed by atoms with Gasteiger partial charge in [-0.1, -0.05) is 269 Å². The van der Waals surface area contributed by atoms with Gasteiger partial charge in [0.1, 0.15) is 11.2 Å². The molecule has 0 amide bonds. The number of hydrogen-bond acceptors (Lipinski definition) is 1. The molecule has 0 N–H and O–H groups in total. The third-order valence-corrected chi connectivity index (χ3v) is 24.4. The molecule has 20 aromatic rings. The Morgan fingerprint density at radius 3 is 1.15 bits per heavy atom. The number of rotatable bonds is 7. The molecular formula is C103H60O. The first-order valence-electron chi connectivity index (χ1n) is 36.5. The molecule has 1 heterocycles. The highest BCUT2D eigenvalue weighted by molar-refractivity contribution is 6.30. The van der Waals surface area contributed by atoms with Gasteiger partial charge in [-0.05, 0) is 304 Å². The number of para-hydroxylation sites is 1. The third kappa shape index (κ3) is 7.67. The molecule has 0 radical (unpaired) electrons. The van der Waals surface area contributed by atoms with Crippen LogP contribution in [0.15, 0.2) is 332 Å². The molecule has 0 saturated carbocycles. The fraction of sp³-hybridized carbons (Fsp3) is 0.0291. The van der Waals surface area contributed by atoms with Gasteiger partial charge >= 0.3 is 0 Å². The molecule has 0 fully saturated rings. The van der Waals surface area contributed by atoms with Gasteiger partial charge in [0, 0.05) is 16.2 Å². The van der Waals surface area contributed by atoms with Crippen LogP contribution in [-0.2, 0) is 5.41 Å². The Labute approximate surface area is 600 Å². The zero-order valence-electron chi connectivity index (χ0n) is 57.1. The van der Waals surface area contributed by atoms with E-state index in [2.05, 4.69) is 341 Å². The molecule has 19 aromatic carbocycles. The Balaban J connectivity index is 0.647. The molecule has 104 heavy (non-hydrogen) atoms. The summed E-state index contributed by atoms with van der Waals surface area (Å²) in [6.45, 7) is 4.78. The van der Waals surface area contributed by atoms with Crippen LogP contribution in [-0.4, -0.2) is 0 Å². The van der Waals surface area contributed by atoms with Gasteiger partial charge in [-0.2, -0.15) is 0 Å². The molecule has 24 rings (SSSR count). The fourth-order valence-electron chi connectivity index (χ4n) is 19.7. The van der Waals surface area contributed by atoms with Crippen LogP contribution >= 0.6 is 0 Å². The molecule has 0 atom stereocenters. The van der Waals surface area contributed by atoms with E-state index in [-0.39, 0.29) is 5.41 Å². The summed E-state index contributed by atoms with van der Waals surface area (Å²) >= 11 is 0. The lowest BCUT2D eigenvalue weighted by Crippen LogP contribution is -2.14. The Bertz CT molecular complexity index is 7250. The summed E-state index contributed by atoms with van der Waals surface area (Å²) in [5.41, 5.74) is 39.6. The highest BCUT2D eigenvalue weighted by atomic mass is 16.3. The Kier molecular flexibility index (Phi) is 11.2. The second-order valence-electron chi connectivity index (χ2n) is 30.0. The van der Waals surface area contributed by atoms with Crippen molar-refractivity contribution in [3.8, 4) is 156 Å². The van der Waals surface area contributed by atoms with Crippen LogP contribution in [0.1, 0.15) is 25.0 Å². The highest BCUT2D eigenvalue weighted by Crippen LogP contribution is 2.57. The zero-order chi connectivity index (χ0) is 67.9. The summed E-state index contributed by atoms with van der Waals surface area (Å²) in [6.07, 6.45) is 0. The van der Waals surface area contributed by atoms with Crippen molar-refractivity contribution in [2.45, 2.75) is 19.3 Å². The van der Waals surface area contributed by atoms with Gasteiger partial charge in [0.05, 0.1) is 0 Å². The smallest absolute Gasteiger partial charge is 0.135 e. The van der Waals surface area contributed by atoms with Crippen molar-refractivity contribution < 1.29 is 4.42 Å². The van der Waals surface area contributed by atoms with Crippen molar-refractivity contribution in [1.82, 2.24) is 0 Å². The van der Waals surface area contributed by atoms with Crippen molar-refractivity contribution in [2.24, 2.45) is 0 Å². The van der Waals surface area contributed by atoms with Crippen LogP contribution in [0.3, 0.4) is 0 Å². The summed E-state index contributed by atoms with van der Waals surface area (Å²) in [6, 6.07) is 125. The Morgan fingerprint density at radius 1 is 0.173 bits per heavy atom. The maximum absolute atomic E-state index is 6.40. The monoisotopic (exact) mass is 1310 g/mol. The normalized spacial score (nSPS) is 13.2. The van der Waals surface area contributed by atoms with Crippen molar-refractivity contribution in [3.05, 3.63) is 339 Å². The van der Waals surface area contributed by atoms with Crippen molar-refractivity contribution >= 4 is 86.6 Å². The van der Waals surface area contributed by atoms with E-state index in [0.29, 0.717) is 0 Å². The van der Waals surface area contributed by atoms with Crippen molar-refractivity contribution in [1.29, 1.82) is 0 Å². The molecule has 0 aliphatic heterocycles. The Hall–Kier alpha value is -13.2. The lowest BCUT2D eigenvalue weighted by atomic mass is 9.81. The van der Waals surface area contributed by atoms with E-state index >= 15 is 0 Å². The predicted octanol–water partition coefficient (Wildman–Crippen LogP) is 28.9. The lowest BCUT2D eigenvalue weighted by molar-refractivity contribution is 0.660. The molecule has 0 saturated heterocycles. The third-order valence-electron chi connectivity index (χ3n) is 24.4. The second-order valence-corrected chi connectivity index (χ2v) is 30.0. The van der Waals surface area contributed by atoms with E-state index in [9.17, 15) is 0 Å². The average Bonchev–Trinajstić information content (AvgIpc) is 1.11. The number of fused-ring (bicyclic) bond motifs is 15. The molecule has 0 unspecified atom stereocenters. The van der Waals surface area contributed by atoms with Gasteiger partial charge in [-0.15, -0.1) is 0 Å². The first-order valence-corrected chi connectivity index (χ1v) is 36.5. The topological polar surface area (TPSA) is 13.1 Å². The molecule has 1 nitrogen and oxygen atoms in total. The maximum Gasteiger partial charge on any atom is 0.135 e. The van der Waals surface area contributed by atoms with E-state index in [1.807, 2.05) is 0 Å². The molecular weight excluding hydrogens is 1250 g/mol. The minimum atomic E-state index is -0.131. The van der Waals surface area contributed by atoms with Crippen LogP contribution in [0.25, 0.3) is 242 Å². The van der Waals surface area contributed by atoms with Gasteiger partial charge in [0.25, 0.3) is 0 Å². The summed E-state index contributed by atoms with van der Waals surface area (Å²) < 4.78 is 6.40. The van der Waals surface area contributed by atoms with Crippen LogP contribution in [0, 0.1) is 0 Å². The van der Waals surface area contributed by atoms with Gasteiger partial charge < -0.3 is 4.42 Å². The quantitative estimate of drug-likeness (QED) is 0.145. The second kappa shape index (κ2) is 20.5. The van der Waals surface area contributed by atoms with Crippen LogP contribution in [0.5, 0.6) is 0 Å². The molecule has 1 aromatic heterocycles. The fourth-order valence-corrected chi connectivity index (χ4v) is 19.7. The first-order chi connectivity index (χ1) is 51.3. The lowest BCUT2D eigenvalue weighted by Gasteiger charge is -2.22. The number of furan rings is 1. The van der Waals surface area contributed by atoms with E-state index < -0.39 is 0 Å². The average molecular weight is 1310 g/mol. The first kappa shape index (κ1) is 56.5. The van der Waals surface area contributed by atoms with Gasteiger partial charge in [0.2, 0.25) is 0 Å². The summed E-state index contributed by atoms with van der Waals surface area (Å²) in [7, 11) is 0. The predicted molar refractivity (Wildman–Crippen MR) is 439 cm³/mol. The van der Waals surface area contributed by atoms with Gasteiger partial charge in [-0.3, -0.25) is 0 Å². The van der Waals surface area contributed by atoms with Gasteiger partial charge in [-0.25, -0.2) is 0 Å². The molecule has 0 spiro atoms. The van der Waals surface area contributed by atoms with E-state index in [0.717, 1.165) is 33.1 Å². The van der Waals surface area contributed by atoms with Crippen molar-refractivity contribution in [3.63, 3.8) is 0 Å². The summed E-state index contributed by atoms with van der Waals surface area (Å²) in [5, 5.41) is 17.6. The highest BCUT2D eigenvalue weighted by Gasteiger charge is 2.36. The van der Waals surface area contributed by atoms with Gasteiger partial charge in [0.15, 0.2) is 0 Å². The maximum atomic E-state index is 6.40. The zero-order valence-corrected chi connectivity index (χ0v) is 57.1.